The Morgan fingerprint density at radius 1 is 1.22 bits per heavy atom. The molecule has 1 aliphatic heterocycles. The number of amides is 1. The van der Waals surface area contributed by atoms with Gasteiger partial charge in [0.1, 0.15) is 4.83 Å². The molecule has 3 heterocycles. The zero-order valence-electron chi connectivity index (χ0n) is 15.4. The van der Waals surface area contributed by atoms with Crippen molar-refractivity contribution in [1.82, 2.24) is 14.5 Å². The van der Waals surface area contributed by atoms with E-state index in [1.54, 1.807) is 15.9 Å². The number of aryl methyl sites for hydroxylation is 2. The third-order valence-corrected chi connectivity index (χ3v) is 7.03. The smallest absolute Gasteiger partial charge is 0.263 e. The molecule has 1 fully saturated rings. The van der Waals surface area contributed by atoms with Crippen LogP contribution in [0.5, 0.6) is 0 Å². The van der Waals surface area contributed by atoms with Crippen LogP contribution >= 0.6 is 23.1 Å². The van der Waals surface area contributed by atoms with Gasteiger partial charge in [-0.05, 0) is 31.4 Å². The van der Waals surface area contributed by atoms with Crippen LogP contribution in [0, 0.1) is 13.8 Å². The molecule has 1 saturated heterocycles. The van der Waals surface area contributed by atoms with Crippen molar-refractivity contribution in [1.29, 1.82) is 0 Å². The maximum atomic E-state index is 13.3. The normalized spacial score (nSPS) is 13.8. The van der Waals surface area contributed by atoms with Gasteiger partial charge in [0.15, 0.2) is 5.16 Å². The predicted molar refractivity (Wildman–Crippen MR) is 111 cm³/mol. The Balaban J connectivity index is 1.73. The summed E-state index contributed by atoms with van der Waals surface area (Å²) in [6, 6.07) is 9.89. The molecule has 0 N–H and O–H groups in total. The van der Waals surface area contributed by atoms with Gasteiger partial charge in [0.2, 0.25) is 5.91 Å². The number of benzene rings is 1. The average molecular weight is 400 g/mol. The predicted octanol–water partition coefficient (Wildman–Crippen LogP) is 3.45. The summed E-state index contributed by atoms with van der Waals surface area (Å²) in [4.78, 5) is 34.0. The van der Waals surface area contributed by atoms with E-state index in [1.165, 1.54) is 11.8 Å². The van der Waals surface area contributed by atoms with E-state index in [4.69, 9.17) is 4.98 Å². The fourth-order valence-electron chi connectivity index (χ4n) is 3.11. The van der Waals surface area contributed by atoms with Gasteiger partial charge >= 0.3 is 0 Å². The minimum Gasteiger partial charge on any atom is -0.342 e. The van der Waals surface area contributed by atoms with Crippen molar-refractivity contribution in [3.8, 4) is 0 Å². The van der Waals surface area contributed by atoms with Crippen molar-refractivity contribution in [2.24, 2.45) is 0 Å². The summed E-state index contributed by atoms with van der Waals surface area (Å²) in [5, 5.41) is 1.32. The lowest BCUT2D eigenvalue weighted by atomic mass is 10.2. The molecule has 1 amide bonds. The van der Waals surface area contributed by atoms with Gasteiger partial charge in [0.25, 0.3) is 5.56 Å². The first kappa shape index (κ1) is 18.3. The van der Waals surface area contributed by atoms with Crippen molar-refractivity contribution in [2.45, 2.75) is 32.0 Å². The summed E-state index contributed by atoms with van der Waals surface area (Å²) in [5.41, 5.74) is 2.02. The third-order valence-electron chi connectivity index (χ3n) is 4.97. The third kappa shape index (κ3) is 3.53. The van der Waals surface area contributed by atoms with Crippen molar-refractivity contribution in [3.05, 3.63) is 56.7 Å². The van der Waals surface area contributed by atoms with E-state index in [0.29, 0.717) is 22.8 Å². The standard InChI is InChI=1S/C20H21N3O2S2/c1-13-14(2)27-18-17(13)19(25)23(11-15-7-4-3-5-8-15)20(21-18)26-12-16(24)22-9-6-10-22/h3-5,7-8H,6,9-12H2,1-2H3. The Hall–Kier alpha value is -2.12. The van der Waals surface area contributed by atoms with Crippen LogP contribution < -0.4 is 5.56 Å². The van der Waals surface area contributed by atoms with Crippen LogP contribution in [0.1, 0.15) is 22.4 Å². The molecule has 0 saturated carbocycles. The lowest BCUT2D eigenvalue weighted by molar-refractivity contribution is -0.131. The Kier molecular flexibility index (Phi) is 5.06. The molecular formula is C20H21N3O2S2. The molecule has 140 valence electrons. The van der Waals surface area contributed by atoms with E-state index in [-0.39, 0.29) is 11.5 Å². The van der Waals surface area contributed by atoms with E-state index in [9.17, 15) is 9.59 Å². The number of fused-ring (bicyclic) bond motifs is 1. The second kappa shape index (κ2) is 7.48. The van der Waals surface area contributed by atoms with Crippen molar-refractivity contribution >= 4 is 39.2 Å². The number of aromatic nitrogens is 2. The van der Waals surface area contributed by atoms with E-state index < -0.39 is 0 Å². The second-order valence-corrected chi connectivity index (χ2v) is 8.90. The van der Waals surface area contributed by atoms with Crippen molar-refractivity contribution < 1.29 is 4.79 Å². The number of thioether (sulfide) groups is 1. The van der Waals surface area contributed by atoms with Gasteiger partial charge in [-0.3, -0.25) is 14.2 Å². The molecule has 3 aromatic rings. The number of rotatable bonds is 5. The highest BCUT2D eigenvalue weighted by Crippen LogP contribution is 2.29. The van der Waals surface area contributed by atoms with Crippen LogP contribution in [0.15, 0.2) is 40.3 Å². The highest BCUT2D eigenvalue weighted by atomic mass is 32.2. The Labute approximate surface area is 166 Å². The van der Waals surface area contributed by atoms with Crippen LogP contribution in [0.25, 0.3) is 10.2 Å². The average Bonchev–Trinajstić information content (AvgIpc) is 2.89. The molecule has 0 spiro atoms. The number of thiophene rings is 1. The highest BCUT2D eigenvalue weighted by Gasteiger charge is 2.22. The molecule has 5 nitrogen and oxygen atoms in total. The van der Waals surface area contributed by atoms with Crippen LogP contribution in [-0.2, 0) is 11.3 Å². The summed E-state index contributed by atoms with van der Waals surface area (Å²) < 4.78 is 1.71. The molecule has 7 heteroatoms. The lowest BCUT2D eigenvalue weighted by Gasteiger charge is -2.30. The van der Waals surface area contributed by atoms with E-state index >= 15 is 0 Å². The zero-order valence-corrected chi connectivity index (χ0v) is 17.0. The molecule has 0 aliphatic carbocycles. The monoisotopic (exact) mass is 399 g/mol. The molecule has 2 aromatic heterocycles. The van der Waals surface area contributed by atoms with Gasteiger partial charge in [-0.25, -0.2) is 4.98 Å². The molecular weight excluding hydrogens is 378 g/mol. The van der Waals surface area contributed by atoms with Crippen LogP contribution in [-0.4, -0.2) is 39.2 Å². The molecule has 0 radical (unpaired) electrons. The molecule has 0 bridgehead atoms. The van der Waals surface area contributed by atoms with Crippen molar-refractivity contribution in [2.75, 3.05) is 18.8 Å². The van der Waals surface area contributed by atoms with Gasteiger partial charge in [0, 0.05) is 18.0 Å². The number of hydrogen-bond acceptors (Lipinski definition) is 5. The summed E-state index contributed by atoms with van der Waals surface area (Å²) >= 11 is 2.91. The van der Waals surface area contributed by atoms with Gasteiger partial charge < -0.3 is 4.90 Å². The minimum absolute atomic E-state index is 0.0235. The molecule has 27 heavy (non-hydrogen) atoms. The fraction of sp³-hybridized carbons (Fsp3) is 0.350. The lowest BCUT2D eigenvalue weighted by Crippen LogP contribution is -2.43. The Morgan fingerprint density at radius 2 is 1.96 bits per heavy atom. The van der Waals surface area contributed by atoms with Crippen LogP contribution in [0.2, 0.25) is 0 Å². The summed E-state index contributed by atoms with van der Waals surface area (Å²) in [5.74, 6) is 0.432. The van der Waals surface area contributed by atoms with Gasteiger partial charge in [-0.2, -0.15) is 0 Å². The number of carbonyl (C=O) groups is 1. The largest absolute Gasteiger partial charge is 0.342 e. The van der Waals surface area contributed by atoms with Crippen LogP contribution in [0.4, 0.5) is 0 Å². The summed E-state index contributed by atoms with van der Waals surface area (Å²) in [6.45, 7) is 6.13. The number of nitrogens with zero attached hydrogens (tertiary/aromatic N) is 3. The topological polar surface area (TPSA) is 55.2 Å². The van der Waals surface area contributed by atoms with Crippen LogP contribution in [0.3, 0.4) is 0 Å². The fourth-order valence-corrected chi connectivity index (χ4v) is 5.08. The van der Waals surface area contributed by atoms with Crippen molar-refractivity contribution in [3.63, 3.8) is 0 Å². The molecule has 0 atom stereocenters. The highest BCUT2D eigenvalue weighted by molar-refractivity contribution is 7.99. The van der Waals surface area contributed by atoms with Gasteiger partial charge in [0.05, 0.1) is 17.7 Å². The molecule has 0 unspecified atom stereocenters. The summed E-state index contributed by atoms with van der Waals surface area (Å²) in [6.07, 6.45) is 1.08. The first-order chi connectivity index (χ1) is 13.0. The number of likely N-dealkylation sites (tertiary alicyclic amines) is 1. The van der Waals surface area contributed by atoms with E-state index in [1.807, 2.05) is 49.1 Å². The SMILES string of the molecule is Cc1sc2nc(SCC(=O)N3CCC3)n(Cc3ccccc3)c(=O)c2c1C. The maximum Gasteiger partial charge on any atom is 0.263 e. The molecule has 4 rings (SSSR count). The zero-order chi connectivity index (χ0) is 19.0. The Bertz CT molecular complexity index is 1050. The first-order valence-electron chi connectivity index (χ1n) is 8.99. The van der Waals surface area contributed by atoms with Gasteiger partial charge in [-0.15, -0.1) is 11.3 Å². The maximum absolute atomic E-state index is 13.3. The summed E-state index contributed by atoms with van der Waals surface area (Å²) in [7, 11) is 0. The Morgan fingerprint density at radius 3 is 2.63 bits per heavy atom. The quantitative estimate of drug-likeness (QED) is 0.487. The van der Waals surface area contributed by atoms with Gasteiger partial charge in [-0.1, -0.05) is 42.1 Å². The second-order valence-electron chi connectivity index (χ2n) is 6.76. The first-order valence-corrected chi connectivity index (χ1v) is 10.8. The number of hydrogen-bond donors (Lipinski definition) is 0. The van der Waals surface area contributed by atoms with E-state index in [2.05, 4.69) is 0 Å². The minimum atomic E-state index is -0.0235. The molecule has 1 aliphatic rings. The molecule has 1 aromatic carbocycles. The van der Waals surface area contributed by atoms with E-state index in [0.717, 1.165) is 40.3 Å². The number of carbonyl (C=O) groups excluding carboxylic acids is 1.